The van der Waals surface area contributed by atoms with Crippen molar-refractivity contribution in [1.29, 1.82) is 0 Å². The number of aromatic nitrogens is 4. The largest absolute Gasteiger partial charge is 0.358 e. The number of ether oxygens (including phenoxy) is 1. The molecule has 0 aliphatic rings. The van der Waals surface area contributed by atoms with E-state index in [0.717, 1.165) is 6.61 Å². The molecule has 5 nitrogen and oxygen atoms in total. The lowest BCUT2D eigenvalue weighted by Crippen LogP contribution is -2.22. The average molecular weight is 200 g/mol. The molecule has 0 aromatic carbocycles. The molecule has 0 unspecified atom stereocenters. The quantitative estimate of drug-likeness (QED) is 0.525. The molecular weight excluding hydrogens is 184 g/mol. The Morgan fingerprint density at radius 2 is 2.15 bits per heavy atom. The number of rotatable bonds is 5. The van der Waals surface area contributed by atoms with Crippen LogP contribution in [0.3, 0.4) is 0 Å². The van der Waals surface area contributed by atoms with Crippen molar-refractivity contribution in [2.24, 2.45) is 0 Å². The van der Waals surface area contributed by atoms with Gasteiger partial charge >= 0.3 is 0 Å². The fourth-order valence-electron chi connectivity index (χ4n) is 0.772. The number of hydrogen-bond acceptors (Lipinski definition) is 4. The molecule has 1 rings (SSSR count). The molecule has 13 heavy (non-hydrogen) atoms. The van der Waals surface area contributed by atoms with E-state index in [1.165, 1.54) is 17.2 Å². The Kier molecular flexibility index (Phi) is 3.55. The molecule has 1 aromatic heterocycles. The Labute approximate surface area is 79.1 Å². The van der Waals surface area contributed by atoms with Crippen LogP contribution in [0.15, 0.2) is 6.33 Å². The molecule has 0 aliphatic carbocycles. The van der Waals surface area contributed by atoms with Crippen LogP contribution in [0, 0.1) is 0 Å². The monoisotopic (exact) mass is 200 g/mol. The van der Waals surface area contributed by atoms with Gasteiger partial charge in [-0.25, -0.2) is 0 Å². The van der Waals surface area contributed by atoms with Crippen molar-refractivity contribution in [1.82, 2.24) is 20.2 Å². The van der Waals surface area contributed by atoms with Crippen molar-refractivity contribution in [3.8, 4) is 0 Å². The number of hydrogen-bond donors (Lipinski definition) is 0. The molecule has 0 fully saturated rings. The van der Waals surface area contributed by atoms with Gasteiger partial charge in [0.15, 0.2) is 13.1 Å². The first-order valence-electron chi connectivity index (χ1n) is 4.36. The van der Waals surface area contributed by atoms with Crippen LogP contribution in [0.25, 0.3) is 0 Å². The molecule has 0 saturated carbocycles. The van der Waals surface area contributed by atoms with Crippen LogP contribution in [0.2, 0.25) is 25.7 Å². The smallest absolute Gasteiger partial charge is 0.162 e. The predicted octanol–water partition coefficient (Wildman–Crippen LogP) is 0.985. The van der Waals surface area contributed by atoms with Crippen LogP contribution < -0.4 is 0 Å². The lowest BCUT2D eigenvalue weighted by Gasteiger charge is -2.14. The van der Waals surface area contributed by atoms with Crippen LogP contribution in [0.1, 0.15) is 0 Å². The van der Waals surface area contributed by atoms with E-state index in [1.54, 1.807) is 0 Å². The van der Waals surface area contributed by atoms with E-state index in [2.05, 4.69) is 35.1 Å². The summed E-state index contributed by atoms with van der Waals surface area (Å²) in [5, 5.41) is 11.1. The third kappa shape index (κ3) is 4.74. The summed E-state index contributed by atoms with van der Waals surface area (Å²) in [5.74, 6) is 0. The highest BCUT2D eigenvalue weighted by Gasteiger charge is 2.11. The highest BCUT2D eigenvalue weighted by atomic mass is 28.3. The fourth-order valence-corrected chi connectivity index (χ4v) is 1.53. The molecule has 6 heteroatoms. The highest BCUT2D eigenvalue weighted by molar-refractivity contribution is 6.76. The van der Waals surface area contributed by atoms with E-state index in [9.17, 15) is 0 Å². The van der Waals surface area contributed by atoms with E-state index >= 15 is 0 Å². The molecule has 0 spiro atoms. The van der Waals surface area contributed by atoms with Crippen molar-refractivity contribution >= 4 is 8.07 Å². The highest BCUT2D eigenvalue weighted by Crippen LogP contribution is 2.07. The molecular formula is C7H16N4OSi. The molecule has 0 aliphatic heterocycles. The van der Waals surface area contributed by atoms with Crippen LogP contribution in [-0.4, -0.2) is 34.9 Å². The van der Waals surface area contributed by atoms with Gasteiger partial charge in [0.25, 0.3) is 0 Å². The van der Waals surface area contributed by atoms with Gasteiger partial charge in [0.05, 0.1) is 0 Å². The number of nitrogens with zero attached hydrogens (tertiary/aromatic N) is 4. The van der Waals surface area contributed by atoms with Crippen LogP contribution in [0.5, 0.6) is 0 Å². The van der Waals surface area contributed by atoms with E-state index in [1.807, 2.05) is 0 Å². The Morgan fingerprint density at radius 3 is 2.69 bits per heavy atom. The maximum atomic E-state index is 5.39. The molecule has 1 aromatic rings. The van der Waals surface area contributed by atoms with Crippen LogP contribution in [-0.2, 0) is 11.5 Å². The van der Waals surface area contributed by atoms with Gasteiger partial charge in [-0.3, -0.25) is 0 Å². The first-order valence-corrected chi connectivity index (χ1v) is 8.07. The summed E-state index contributed by atoms with van der Waals surface area (Å²) in [7, 11) is -0.970. The zero-order chi connectivity index (χ0) is 9.73. The van der Waals surface area contributed by atoms with Crippen molar-refractivity contribution in [3.63, 3.8) is 0 Å². The maximum Gasteiger partial charge on any atom is 0.162 e. The topological polar surface area (TPSA) is 52.8 Å². The van der Waals surface area contributed by atoms with E-state index in [0.29, 0.717) is 6.73 Å². The van der Waals surface area contributed by atoms with E-state index in [4.69, 9.17) is 4.74 Å². The second-order valence-electron chi connectivity index (χ2n) is 4.16. The Bertz CT molecular complexity index is 231. The maximum absolute atomic E-state index is 5.39. The summed E-state index contributed by atoms with van der Waals surface area (Å²) in [6.45, 7) is 8.17. The number of tetrazole rings is 1. The lowest BCUT2D eigenvalue weighted by molar-refractivity contribution is 0.0673. The van der Waals surface area contributed by atoms with Gasteiger partial charge < -0.3 is 4.74 Å². The minimum absolute atomic E-state index is 0.407. The molecule has 0 atom stereocenters. The zero-order valence-electron chi connectivity index (χ0n) is 8.40. The van der Waals surface area contributed by atoms with Crippen LogP contribution >= 0.6 is 0 Å². The third-order valence-corrected chi connectivity index (χ3v) is 3.30. The second kappa shape index (κ2) is 4.47. The Hall–Kier alpha value is -0.753. The van der Waals surface area contributed by atoms with Crippen LogP contribution in [0.4, 0.5) is 0 Å². The standard InChI is InChI=1S/C7H16N4OSi/c1-13(2,3)5-4-12-7-11-9-6-8-10-11/h6H,4-5,7H2,1-3H3. The molecule has 0 bridgehead atoms. The minimum atomic E-state index is -0.970. The average Bonchev–Trinajstić information content (AvgIpc) is 2.48. The van der Waals surface area contributed by atoms with E-state index in [-0.39, 0.29) is 0 Å². The molecule has 0 N–H and O–H groups in total. The molecule has 74 valence electrons. The van der Waals surface area contributed by atoms with Crippen molar-refractivity contribution in [2.75, 3.05) is 6.61 Å². The Balaban J connectivity index is 2.09. The van der Waals surface area contributed by atoms with Crippen molar-refractivity contribution < 1.29 is 4.74 Å². The third-order valence-electron chi connectivity index (χ3n) is 1.59. The molecule has 1 heterocycles. The first kappa shape index (κ1) is 10.3. The van der Waals surface area contributed by atoms with Gasteiger partial charge in [-0.2, -0.15) is 0 Å². The summed E-state index contributed by atoms with van der Waals surface area (Å²) < 4.78 is 5.39. The molecule has 0 amide bonds. The predicted molar refractivity (Wildman–Crippen MR) is 51.9 cm³/mol. The first-order chi connectivity index (χ1) is 6.08. The molecule has 0 radical (unpaired) electrons. The van der Waals surface area contributed by atoms with Gasteiger partial charge in [-0.05, 0) is 11.3 Å². The summed E-state index contributed by atoms with van der Waals surface area (Å²) in [4.78, 5) is 1.43. The summed E-state index contributed by atoms with van der Waals surface area (Å²) in [5.41, 5.74) is 0. The van der Waals surface area contributed by atoms with Crippen molar-refractivity contribution in [3.05, 3.63) is 6.33 Å². The van der Waals surface area contributed by atoms with Gasteiger partial charge in [-0.15, -0.1) is 15.0 Å². The second-order valence-corrected chi connectivity index (χ2v) is 9.78. The van der Waals surface area contributed by atoms with Gasteiger partial charge in [0, 0.05) is 14.7 Å². The lowest BCUT2D eigenvalue weighted by atomic mass is 10.8. The summed E-state index contributed by atoms with van der Waals surface area (Å²) in [6, 6.07) is 1.17. The summed E-state index contributed by atoms with van der Waals surface area (Å²) in [6.07, 6.45) is 1.40. The SMILES string of the molecule is C[Si](C)(C)CCOCn1ncnn1. The van der Waals surface area contributed by atoms with Gasteiger partial charge in [-0.1, -0.05) is 19.6 Å². The minimum Gasteiger partial charge on any atom is -0.358 e. The molecule has 0 saturated heterocycles. The van der Waals surface area contributed by atoms with Gasteiger partial charge in [0.1, 0.15) is 0 Å². The van der Waals surface area contributed by atoms with E-state index < -0.39 is 8.07 Å². The zero-order valence-corrected chi connectivity index (χ0v) is 9.40. The van der Waals surface area contributed by atoms with Gasteiger partial charge in [0.2, 0.25) is 0 Å². The fraction of sp³-hybridized carbons (Fsp3) is 0.857. The summed E-state index contributed by atoms with van der Waals surface area (Å²) >= 11 is 0. The normalized spacial score (nSPS) is 11.9. The van der Waals surface area contributed by atoms with Crippen molar-refractivity contribution in [2.45, 2.75) is 32.4 Å². The Morgan fingerprint density at radius 1 is 1.38 bits per heavy atom.